The number of nitrogens with zero attached hydrogens (tertiary/aromatic N) is 1. The van der Waals surface area contributed by atoms with Gasteiger partial charge >= 0.3 is 11.7 Å². The van der Waals surface area contributed by atoms with Crippen LogP contribution in [0.5, 0.6) is 5.75 Å². The molecule has 0 aromatic heterocycles. The number of carboxylic acid groups (broad SMARTS) is 1. The van der Waals surface area contributed by atoms with Crippen LogP contribution in [0.25, 0.3) is 0 Å². The van der Waals surface area contributed by atoms with Crippen molar-refractivity contribution in [1.29, 1.82) is 0 Å². The van der Waals surface area contributed by atoms with Gasteiger partial charge in [0.25, 0.3) is 0 Å². The minimum absolute atomic E-state index is 0.217. The predicted molar refractivity (Wildman–Crippen MR) is 59.2 cm³/mol. The van der Waals surface area contributed by atoms with Gasteiger partial charge in [0, 0.05) is 11.4 Å². The molecular formula is C9H8BrNO5. The lowest BCUT2D eigenvalue weighted by molar-refractivity contribution is -0.385. The fourth-order valence-corrected chi connectivity index (χ4v) is 1.58. The third-order valence-corrected chi connectivity index (χ3v) is 2.56. The van der Waals surface area contributed by atoms with Crippen LogP contribution in [-0.4, -0.2) is 23.1 Å². The van der Waals surface area contributed by atoms with Gasteiger partial charge in [-0.15, -0.1) is 0 Å². The SMILES string of the molecule is COc1c(C(=O)O)cc(CBr)cc1[N+](=O)[O-]. The fraction of sp³-hybridized carbons (Fsp3) is 0.222. The minimum Gasteiger partial charge on any atom is -0.490 e. The fourth-order valence-electron chi connectivity index (χ4n) is 1.26. The highest BCUT2D eigenvalue weighted by Crippen LogP contribution is 2.33. The lowest BCUT2D eigenvalue weighted by Gasteiger charge is -2.07. The van der Waals surface area contributed by atoms with Crippen molar-refractivity contribution in [1.82, 2.24) is 0 Å². The van der Waals surface area contributed by atoms with Crippen LogP contribution in [0.3, 0.4) is 0 Å². The third-order valence-electron chi connectivity index (χ3n) is 1.91. The van der Waals surface area contributed by atoms with Crippen molar-refractivity contribution in [3.05, 3.63) is 33.4 Å². The average molecular weight is 290 g/mol. The molecule has 0 unspecified atom stereocenters. The standard InChI is InChI=1S/C9H8BrNO5/c1-16-8-6(9(12)13)2-5(4-10)3-7(8)11(14)15/h2-3H,4H2,1H3,(H,12,13). The second-order valence-electron chi connectivity index (χ2n) is 2.89. The maximum atomic E-state index is 10.9. The zero-order chi connectivity index (χ0) is 12.3. The van der Waals surface area contributed by atoms with Crippen LogP contribution in [0.15, 0.2) is 12.1 Å². The van der Waals surface area contributed by atoms with E-state index < -0.39 is 10.9 Å². The molecule has 1 aromatic rings. The molecule has 0 aliphatic rings. The number of benzene rings is 1. The smallest absolute Gasteiger partial charge is 0.339 e. The Morgan fingerprint density at radius 3 is 2.62 bits per heavy atom. The molecule has 0 spiro atoms. The van der Waals surface area contributed by atoms with Gasteiger partial charge in [0.1, 0.15) is 5.56 Å². The quantitative estimate of drug-likeness (QED) is 0.521. The summed E-state index contributed by atoms with van der Waals surface area (Å²) in [6, 6.07) is 2.61. The zero-order valence-corrected chi connectivity index (χ0v) is 9.85. The lowest BCUT2D eigenvalue weighted by Crippen LogP contribution is -2.04. The normalized spacial score (nSPS) is 9.88. The molecule has 1 aromatic carbocycles. The Kier molecular flexibility index (Phi) is 3.83. The number of hydrogen-bond donors (Lipinski definition) is 1. The van der Waals surface area contributed by atoms with Crippen LogP contribution in [-0.2, 0) is 5.33 Å². The summed E-state index contributed by atoms with van der Waals surface area (Å²) in [4.78, 5) is 21.0. The van der Waals surface area contributed by atoms with Gasteiger partial charge in [0.2, 0.25) is 5.75 Å². The van der Waals surface area contributed by atoms with Crippen LogP contribution in [0.4, 0.5) is 5.69 Å². The Balaban J connectivity index is 3.52. The largest absolute Gasteiger partial charge is 0.490 e. The summed E-state index contributed by atoms with van der Waals surface area (Å²) < 4.78 is 4.76. The van der Waals surface area contributed by atoms with E-state index >= 15 is 0 Å². The number of aromatic carboxylic acids is 1. The summed E-state index contributed by atoms with van der Waals surface area (Å²) in [6.07, 6.45) is 0. The zero-order valence-electron chi connectivity index (χ0n) is 8.27. The minimum atomic E-state index is -1.26. The average Bonchev–Trinajstić information content (AvgIpc) is 2.26. The van der Waals surface area contributed by atoms with E-state index in [1.165, 1.54) is 19.2 Å². The van der Waals surface area contributed by atoms with Crippen LogP contribution in [0, 0.1) is 10.1 Å². The number of nitro groups is 1. The number of carboxylic acids is 1. The Morgan fingerprint density at radius 2 is 2.25 bits per heavy atom. The van der Waals surface area contributed by atoms with E-state index in [1.54, 1.807) is 0 Å². The molecule has 0 radical (unpaired) electrons. The van der Waals surface area contributed by atoms with Crippen LogP contribution >= 0.6 is 15.9 Å². The number of ether oxygens (including phenoxy) is 1. The molecule has 1 N–H and O–H groups in total. The maximum Gasteiger partial charge on any atom is 0.339 e. The Hall–Kier alpha value is -1.63. The summed E-state index contributed by atoms with van der Waals surface area (Å²) in [7, 11) is 1.20. The van der Waals surface area contributed by atoms with E-state index in [4.69, 9.17) is 9.84 Å². The molecule has 0 amide bonds. The van der Waals surface area contributed by atoms with Crippen molar-refractivity contribution >= 4 is 27.6 Å². The van der Waals surface area contributed by atoms with Crippen molar-refractivity contribution in [2.24, 2.45) is 0 Å². The first-order chi connectivity index (χ1) is 7.51. The second kappa shape index (κ2) is 4.93. The van der Waals surface area contributed by atoms with Gasteiger partial charge in [-0.2, -0.15) is 0 Å². The number of halogens is 1. The molecule has 0 fully saturated rings. The number of rotatable bonds is 4. The highest BCUT2D eigenvalue weighted by Gasteiger charge is 2.23. The summed E-state index contributed by atoms with van der Waals surface area (Å²) in [5, 5.41) is 20.0. The summed E-state index contributed by atoms with van der Waals surface area (Å²) >= 11 is 3.11. The van der Waals surface area contributed by atoms with Gasteiger partial charge in [0.05, 0.1) is 12.0 Å². The van der Waals surface area contributed by atoms with Crippen molar-refractivity contribution < 1.29 is 19.6 Å². The molecule has 6 nitrogen and oxygen atoms in total. The van der Waals surface area contributed by atoms with E-state index in [1.807, 2.05) is 0 Å². The van der Waals surface area contributed by atoms with Gasteiger partial charge in [-0.25, -0.2) is 4.79 Å². The molecule has 0 bridgehead atoms. The van der Waals surface area contributed by atoms with Crippen LogP contribution in [0.1, 0.15) is 15.9 Å². The summed E-state index contributed by atoms with van der Waals surface area (Å²) in [5.41, 5.74) is -0.0621. The number of hydrogen-bond acceptors (Lipinski definition) is 4. The Morgan fingerprint density at radius 1 is 1.62 bits per heavy atom. The van der Waals surface area contributed by atoms with Crippen molar-refractivity contribution in [2.75, 3.05) is 7.11 Å². The molecule has 86 valence electrons. The van der Waals surface area contributed by atoms with E-state index in [0.717, 1.165) is 0 Å². The van der Waals surface area contributed by atoms with Crippen molar-refractivity contribution in [3.63, 3.8) is 0 Å². The number of carbonyl (C=O) groups is 1. The van der Waals surface area contributed by atoms with E-state index in [0.29, 0.717) is 10.9 Å². The molecule has 7 heteroatoms. The van der Waals surface area contributed by atoms with Crippen LogP contribution in [0.2, 0.25) is 0 Å². The first-order valence-corrected chi connectivity index (χ1v) is 5.28. The first kappa shape index (κ1) is 12.4. The highest BCUT2D eigenvalue weighted by molar-refractivity contribution is 9.08. The van der Waals surface area contributed by atoms with Gasteiger partial charge in [0.15, 0.2) is 0 Å². The molecular weight excluding hydrogens is 282 g/mol. The number of alkyl halides is 1. The van der Waals surface area contributed by atoms with Crippen LogP contribution < -0.4 is 4.74 Å². The Labute approximate surface area is 99.1 Å². The number of methoxy groups -OCH3 is 1. The van der Waals surface area contributed by atoms with E-state index in [2.05, 4.69) is 15.9 Å². The molecule has 1 rings (SSSR count). The molecule has 0 aliphatic carbocycles. The molecule has 0 atom stereocenters. The summed E-state index contributed by atoms with van der Waals surface area (Å²) in [6.45, 7) is 0. The van der Waals surface area contributed by atoms with Gasteiger partial charge in [-0.1, -0.05) is 15.9 Å². The monoisotopic (exact) mass is 289 g/mol. The topological polar surface area (TPSA) is 89.7 Å². The van der Waals surface area contributed by atoms with Gasteiger partial charge in [-0.05, 0) is 11.6 Å². The molecule has 0 saturated heterocycles. The second-order valence-corrected chi connectivity index (χ2v) is 3.45. The first-order valence-electron chi connectivity index (χ1n) is 4.15. The molecule has 0 saturated carbocycles. The number of nitro benzene ring substituents is 1. The predicted octanol–water partition coefficient (Wildman–Crippen LogP) is 2.20. The highest BCUT2D eigenvalue weighted by atomic mass is 79.9. The molecule has 0 heterocycles. The van der Waals surface area contributed by atoms with Gasteiger partial charge < -0.3 is 9.84 Å². The molecule has 0 aliphatic heterocycles. The van der Waals surface area contributed by atoms with E-state index in [-0.39, 0.29) is 17.0 Å². The molecule has 16 heavy (non-hydrogen) atoms. The van der Waals surface area contributed by atoms with Crippen molar-refractivity contribution in [3.8, 4) is 5.75 Å². The van der Waals surface area contributed by atoms with Gasteiger partial charge in [-0.3, -0.25) is 10.1 Å². The summed E-state index contributed by atoms with van der Waals surface area (Å²) in [5.74, 6) is -1.50. The third kappa shape index (κ3) is 2.30. The van der Waals surface area contributed by atoms with E-state index in [9.17, 15) is 14.9 Å². The lowest BCUT2D eigenvalue weighted by atomic mass is 10.1. The Bertz CT molecular complexity index is 411. The maximum absolute atomic E-state index is 10.9. The van der Waals surface area contributed by atoms with Crippen molar-refractivity contribution in [2.45, 2.75) is 5.33 Å².